The van der Waals surface area contributed by atoms with Crippen LogP contribution in [-0.2, 0) is 6.54 Å². The van der Waals surface area contributed by atoms with Gasteiger partial charge in [0.05, 0.1) is 25.1 Å². The first-order valence-electron chi connectivity index (χ1n) is 11.2. The van der Waals surface area contributed by atoms with E-state index in [1.807, 2.05) is 43.9 Å². The lowest BCUT2D eigenvalue weighted by Gasteiger charge is -2.14. The molecule has 1 amide bonds. The summed E-state index contributed by atoms with van der Waals surface area (Å²) >= 11 is 0. The summed E-state index contributed by atoms with van der Waals surface area (Å²) in [5.41, 5.74) is 4.09. The smallest absolute Gasteiger partial charge is 0.254 e. The predicted octanol–water partition coefficient (Wildman–Crippen LogP) is 3.60. The van der Waals surface area contributed by atoms with Crippen LogP contribution in [0.25, 0.3) is 22.6 Å². The van der Waals surface area contributed by atoms with E-state index in [0.29, 0.717) is 6.54 Å². The topological polar surface area (TPSA) is 76.7 Å². The molecule has 0 bridgehead atoms. The number of fused-ring (bicyclic) bond motifs is 1. The molecule has 34 heavy (non-hydrogen) atoms. The van der Waals surface area contributed by atoms with Crippen LogP contribution in [0.4, 0.5) is 4.39 Å². The number of benzene rings is 1. The number of hydrogen-bond acceptors (Lipinski definition) is 5. The number of nitrogens with one attached hydrogen (secondary N) is 1. The van der Waals surface area contributed by atoms with Gasteiger partial charge in [-0.15, -0.1) is 0 Å². The molecule has 1 aliphatic carbocycles. The zero-order valence-corrected chi connectivity index (χ0v) is 19.7. The van der Waals surface area contributed by atoms with Crippen LogP contribution < -0.4 is 10.1 Å². The molecular formula is C25H27FN6O2. The summed E-state index contributed by atoms with van der Waals surface area (Å²) in [6, 6.07) is 5.08. The van der Waals surface area contributed by atoms with Crippen LogP contribution in [0.1, 0.15) is 34.3 Å². The van der Waals surface area contributed by atoms with E-state index in [1.54, 1.807) is 30.3 Å². The second-order valence-electron chi connectivity index (χ2n) is 9.02. The summed E-state index contributed by atoms with van der Waals surface area (Å²) in [6.07, 6.45) is 9.22. The molecule has 3 aromatic heterocycles. The van der Waals surface area contributed by atoms with Crippen molar-refractivity contribution < 1.29 is 13.9 Å². The van der Waals surface area contributed by atoms with E-state index >= 15 is 0 Å². The van der Waals surface area contributed by atoms with Crippen LogP contribution >= 0.6 is 0 Å². The van der Waals surface area contributed by atoms with E-state index < -0.39 is 5.82 Å². The van der Waals surface area contributed by atoms with Crippen LogP contribution in [-0.4, -0.2) is 57.2 Å². The van der Waals surface area contributed by atoms with Crippen molar-refractivity contribution >= 4 is 11.6 Å². The minimum absolute atomic E-state index is 0.0514. The highest BCUT2D eigenvalue weighted by atomic mass is 19.1. The van der Waals surface area contributed by atoms with Gasteiger partial charge in [-0.25, -0.2) is 14.1 Å². The Morgan fingerprint density at radius 2 is 2.03 bits per heavy atom. The van der Waals surface area contributed by atoms with Gasteiger partial charge in [0.15, 0.2) is 5.82 Å². The molecule has 176 valence electrons. The van der Waals surface area contributed by atoms with Crippen molar-refractivity contribution in [3.63, 3.8) is 0 Å². The van der Waals surface area contributed by atoms with Crippen molar-refractivity contribution in [1.82, 2.24) is 29.4 Å². The molecule has 0 spiro atoms. The number of amides is 1. The average Bonchev–Trinajstić information content (AvgIpc) is 3.30. The molecule has 1 saturated carbocycles. The summed E-state index contributed by atoms with van der Waals surface area (Å²) in [4.78, 5) is 19.1. The van der Waals surface area contributed by atoms with E-state index in [9.17, 15) is 9.18 Å². The lowest BCUT2D eigenvalue weighted by atomic mass is 9.99. The minimum Gasteiger partial charge on any atom is -0.496 e. The normalized spacial score (nSPS) is 13.6. The zero-order chi connectivity index (χ0) is 24.0. The summed E-state index contributed by atoms with van der Waals surface area (Å²) in [5.74, 6) is 0.641. The molecule has 3 heterocycles. The number of carbonyl (C=O) groups excluding carboxylic acids is 1. The van der Waals surface area contributed by atoms with Gasteiger partial charge in [0, 0.05) is 42.2 Å². The monoisotopic (exact) mass is 462 g/mol. The van der Waals surface area contributed by atoms with Gasteiger partial charge in [-0.2, -0.15) is 5.10 Å². The third-order valence-electron chi connectivity index (χ3n) is 5.97. The molecule has 1 fully saturated rings. The van der Waals surface area contributed by atoms with Crippen molar-refractivity contribution in [2.24, 2.45) is 0 Å². The van der Waals surface area contributed by atoms with Gasteiger partial charge in [0.2, 0.25) is 0 Å². The Kier molecular flexibility index (Phi) is 5.57. The van der Waals surface area contributed by atoms with Crippen molar-refractivity contribution in [3.05, 3.63) is 65.5 Å². The number of pyridine rings is 1. The fraction of sp³-hybridized carbons (Fsp3) is 0.320. The maximum absolute atomic E-state index is 14.6. The van der Waals surface area contributed by atoms with E-state index in [2.05, 4.69) is 20.3 Å². The Morgan fingerprint density at radius 1 is 1.24 bits per heavy atom. The highest BCUT2D eigenvalue weighted by Crippen LogP contribution is 2.29. The summed E-state index contributed by atoms with van der Waals surface area (Å²) < 4.78 is 23.8. The first-order chi connectivity index (χ1) is 16.3. The Morgan fingerprint density at radius 3 is 2.74 bits per heavy atom. The van der Waals surface area contributed by atoms with Gasteiger partial charge in [-0.3, -0.25) is 9.20 Å². The molecule has 1 aliphatic rings. The Balaban J connectivity index is 1.52. The molecule has 0 atom stereocenters. The fourth-order valence-electron chi connectivity index (χ4n) is 4.09. The highest BCUT2D eigenvalue weighted by molar-refractivity contribution is 5.96. The Hall–Kier alpha value is -3.72. The number of aryl methyl sites for hydroxylation is 1. The maximum Gasteiger partial charge on any atom is 0.254 e. The number of carbonyl (C=O) groups is 1. The number of hydrogen-bond donors (Lipinski definition) is 1. The summed E-state index contributed by atoms with van der Waals surface area (Å²) in [6.45, 7) is 2.54. The molecule has 1 N–H and O–H groups in total. The molecule has 0 unspecified atom stereocenters. The quantitative estimate of drug-likeness (QED) is 0.454. The van der Waals surface area contributed by atoms with Crippen LogP contribution in [0.15, 0.2) is 43.0 Å². The number of halogens is 1. The average molecular weight is 463 g/mol. The van der Waals surface area contributed by atoms with Crippen LogP contribution in [0, 0.1) is 12.7 Å². The van der Waals surface area contributed by atoms with Crippen molar-refractivity contribution in [3.8, 4) is 22.7 Å². The van der Waals surface area contributed by atoms with E-state index in [4.69, 9.17) is 4.74 Å². The van der Waals surface area contributed by atoms with Gasteiger partial charge >= 0.3 is 0 Å². The Bertz CT molecular complexity index is 1390. The third-order valence-corrected chi connectivity index (χ3v) is 5.97. The number of ether oxygens (including phenoxy) is 1. The number of nitrogens with zero attached hydrogens (tertiary/aromatic N) is 5. The lowest BCUT2D eigenvalue weighted by molar-refractivity contribution is 0.0947. The van der Waals surface area contributed by atoms with Crippen molar-refractivity contribution in [1.29, 1.82) is 0 Å². The van der Waals surface area contributed by atoms with E-state index in [0.717, 1.165) is 52.3 Å². The van der Waals surface area contributed by atoms with Crippen molar-refractivity contribution in [2.45, 2.75) is 32.4 Å². The molecule has 0 aliphatic heterocycles. The van der Waals surface area contributed by atoms with Crippen LogP contribution in [0.5, 0.6) is 5.75 Å². The lowest BCUT2D eigenvalue weighted by Crippen LogP contribution is -2.26. The summed E-state index contributed by atoms with van der Waals surface area (Å²) in [5, 5.41) is 7.39. The Labute approximate surface area is 197 Å². The SMILES string of the molecule is COc1cc2ncc(-n3cc(-c4cc(C(=O)NC5CC5)c(F)cc4C)cn3)n2cc1CN(C)C. The largest absolute Gasteiger partial charge is 0.496 e. The predicted molar refractivity (Wildman–Crippen MR) is 127 cm³/mol. The van der Waals surface area contributed by atoms with Crippen LogP contribution in [0.2, 0.25) is 0 Å². The zero-order valence-electron chi connectivity index (χ0n) is 19.7. The molecule has 1 aromatic carbocycles. The van der Waals surface area contributed by atoms with Gasteiger partial charge in [-0.1, -0.05) is 0 Å². The second-order valence-corrected chi connectivity index (χ2v) is 9.02. The van der Waals surface area contributed by atoms with Gasteiger partial charge in [0.1, 0.15) is 17.2 Å². The van der Waals surface area contributed by atoms with Gasteiger partial charge in [-0.05, 0) is 57.1 Å². The molecule has 4 aromatic rings. The second kappa shape index (κ2) is 8.57. The standard InChI is InChI=1S/C25H27FN6O2/c1-15-7-21(26)20(25(33)29-18-5-6-18)8-19(15)16-10-28-32(14-16)24-11-27-23-9-22(34-4)17(12-30(2)3)13-31(23)24/h7-11,13-14,18H,5-6,12H2,1-4H3,(H,29,33). The molecule has 8 nitrogen and oxygen atoms in total. The fourth-order valence-corrected chi connectivity index (χ4v) is 4.09. The molecule has 0 radical (unpaired) electrons. The third kappa shape index (κ3) is 4.14. The molecule has 0 saturated heterocycles. The number of imidazole rings is 1. The van der Waals surface area contributed by atoms with E-state index in [-0.39, 0.29) is 17.5 Å². The number of methoxy groups -OCH3 is 1. The maximum atomic E-state index is 14.6. The minimum atomic E-state index is -0.518. The first kappa shape index (κ1) is 22.1. The summed E-state index contributed by atoms with van der Waals surface area (Å²) in [7, 11) is 5.66. The van der Waals surface area contributed by atoms with Gasteiger partial charge in [0.25, 0.3) is 5.91 Å². The van der Waals surface area contributed by atoms with E-state index in [1.165, 1.54) is 6.07 Å². The molecule has 9 heteroatoms. The number of aromatic nitrogens is 4. The first-order valence-corrected chi connectivity index (χ1v) is 11.2. The van der Waals surface area contributed by atoms with Crippen molar-refractivity contribution in [2.75, 3.05) is 21.2 Å². The van der Waals surface area contributed by atoms with Crippen LogP contribution in [0.3, 0.4) is 0 Å². The van der Waals surface area contributed by atoms with Gasteiger partial charge < -0.3 is 15.0 Å². The molecule has 5 rings (SSSR count). The highest BCUT2D eigenvalue weighted by Gasteiger charge is 2.26. The molecular weight excluding hydrogens is 435 g/mol. The number of rotatable bonds is 7.